The minimum atomic E-state index is -0.240. The highest BCUT2D eigenvalue weighted by Crippen LogP contribution is 2.24. The molecule has 1 aliphatic heterocycles. The van der Waals surface area contributed by atoms with E-state index in [9.17, 15) is 9.59 Å². The van der Waals surface area contributed by atoms with Crippen LogP contribution in [0.25, 0.3) is 0 Å². The van der Waals surface area contributed by atoms with Gasteiger partial charge in [0.05, 0.1) is 0 Å². The van der Waals surface area contributed by atoms with Crippen LogP contribution in [0.3, 0.4) is 0 Å². The smallest absolute Gasteiger partial charge is 0.271 e. The molecule has 0 spiro atoms. The molecule has 1 N–H and O–H groups in total. The topological polar surface area (TPSA) is 61.8 Å². The quantitative estimate of drug-likeness (QED) is 0.517. The number of carbonyl (C=O) groups is 2. The fourth-order valence-corrected chi connectivity index (χ4v) is 3.38. The number of nitrogens with one attached hydrogen (secondary N) is 1. The van der Waals surface area contributed by atoms with Gasteiger partial charge < -0.3 is 4.90 Å². The molecule has 0 aromatic heterocycles. The fraction of sp³-hybridized carbons (Fsp3) is 0.450. The van der Waals surface area contributed by atoms with Gasteiger partial charge in [-0.3, -0.25) is 9.59 Å². The molecule has 5 heteroatoms. The lowest BCUT2D eigenvalue weighted by atomic mass is 9.87. The molecule has 25 heavy (non-hydrogen) atoms. The first-order valence-corrected chi connectivity index (χ1v) is 8.95. The summed E-state index contributed by atoms with van der Waals surface area (Å²) >= 11 is 0. The van der Waals surface area contributed by atoms with E-state index in [0.717, 1.165) is 43.6 Å². The van der Waals surface area contributed by atoms with Crippen molar-refractivity contribution in [2.45, 2.75) is 46.0 Å². The summed E-state index contributed by atoms with van der Waals surface area (Å²) in [4.78, 5) is 26.0. The summed E-state index contributed by atoms with van der Waals surface area (Å²) in [5, 5.41) is 4.30. The van der Waals surface area contributed by atoms with Crippen LogP contribution in [0.2, 0.25) is 0 Å². The Morgan fingerprint density at radius 1 is 1.32 bits per heavy atom. The average Bonchev–Trinajstić information content (AvgIpc) is 3.06. The Bertz CT molecular complexity index is 736. The second kappa shape index (κ2) is 7.64. The Labute approximate surface area is 148 Å². The van der Waals surface area contributed by atoms with Gasteiger partial charge in [0.2, 0.25) is 5.91 Å². The molecule has 1 fully saturated rings. The van der Waals surface area contributed by atoms with Crippen molar-refractivity contribution < 1.29 is 9.59 Å². The second-order valence-electron chi connectivity index (χ2n) is 6.92. The van der Waals surface area contributed by atoms with E-state index in [-0.39, 0.29) is 11.8 Å². The molecule has 2 amide bonds. The lowest BCUT2D eigenvalue weighted by Gasteiger charge is -2.20. The van der Waals surface area contributed by atoms with E-state index in [1.54, 1.807) is 23.1 Å². The molecule has 1 aromatic rings. The monoisotopic (exact) mass is 339 g/mol. The first-order chi connectivity index (χ1) is 12.0. The van der Waals surface area contributed by atoms with Crippen molar-refractivity contribution in [3.63, 3.8) is 0 Å². The predicted molar refractivity (Wildman–Crippen MR) is 99.7 cm³/mol. The zero-order valence-electron chi connectivity index (χ0n) is 14.9. The third-order valence-corrected chi connectivity index (χ3v) is 5.06. The van der Waals surface area contributed by atoms with E-state index in [0.29, 0.717) is 17.9 Å². The highest BCUT2D eigenvalue weighted by Gasteiger charge is 2.22. The van der Waals surface area contributed by atoms with Gasteiger partial charge in [-0.1, -0.05) is 17.7 Å². The predicted octanol–water partition coefficient (Wildman–Crippen LogP) is 3.67. The summed E-state index contributed by atoms with van der Waals surface area (Å²) in [5.41, 5.74) is 6.36. The molecular weight excluding hydrogens is 314 g/mol. The van der Waals surface area contributed by atoms with Crippen LogP contribution in [0.15, 0.2) is 41.0 Å². The zero-order valence-corrected chi connectivity index (χ0v) is 14.9. The van der Waals surface area contributed by atoms with E-state index in [2.05, 4.69) is 23.5 Å². The van der Waals surface area contributed by atoms with Crippen molar-refractivity contribution in [1.82, 2.24) is 5.43 Å². The number of nitrogens with zero attached hydrogens (tertiary/aromatic N) is 2. The number of amides is 2. The minimum Gasteiger partial charge on any atom is -0.312 e. The Balaban J connectivity index is 1.65. The largest absolute Gasteiger partial charge is 0.312 e. The van der Waals surface area contributed by atoms with Gasteiger partial charge in [-0.15, -0.1) is 0 Å². The number of benzene rings is 1. The molecule has 1 atom stereocenters. The van der Waals surface area contributed by atoms with Gasteiger partial charge in [0, 0.05) is 35.8 Å². The van der Waals surface area contributed by atoms with E-state index in [1.807, 2.05) is 13.0 Å². The summed E-state index contributed by atoms with van der Waals surface area (Å²) in [5.74, 6) is 0.278. The first kappa shape index (κ1) is 17.4. The van der Waals surface area contributed by atoms with Crippen molar-refractivity contribution in [2.24, 2.45) is 11.0 Å². The Morgan fingerprint density at radius 2 is 2.16 bits per heavy atom. The molecule has 0 saturated carbocycles. The number of hydrazone groups is 1. The van der Waals surface area contributed by atoms with Crippen LogP contribution in [-0.2, 0) is 4.79 Å². The summed E-state index contributed by atoms with van der Waals surface area (Å²) in [7, 11) is 0. The molecule has 1 aromatic carbocycles. The van der Waals surface area contributed by atoms with Crippen LogP contribution < -0.4 is 10.3 Å². The molecule has 1 heterocycles. The Kier molecular flexibility index (Phi) is 5.31. The first-order valence-electron chi connectivity index (χ1n) is 8.95. The van der Waals surface area contributed by atoms with Gasteiger partial charge in [0.1, 0.15) is 0 Å². The van der Waals surface area contributed by atoms with E-state index in [1.165, 1.54) is 5.57 Å². The molecule has 5 nitrogen and oxygen atoms in total. The molecule has 132 valence electrons. The minimum absolute atomic E-state index is 0.118. The molecule has 2 aliphatic rings. The van der Waals surface area contributed by atoms with Gasteiger partial charge >= 0.3 is 0 Å². The number of carbonyl (C=O) groups excluding carboxylic acids is 2. The van der Waals surface area contributed by atoms with Crippen molar-refractivity contribution in [3.8, 4) is 0 Å². The van der Waals surface area contributed by atoms with Crippen molar-refractivity contribution >= 4 is 23.2 Å². The Hall–Kier alpha value is -2.43. The number of hydrogen-bond acceptors (Lipinski definition) is 3. The number of hydrogen-bond donors (Lipinski definition) is 1. The van der Waals surface area contributed by atoms with Crippen LogP contribution in [0.5, 0.6) is 0 Å². The third-order valence-electron chi connectivity index (χ3n) is 5.06. The van der Waals surface area contributed by atoms with Crippen LogP contribution in [0, 0.1) is 5.92 Å². The lowest BCUT2D eigenvalue weighted by molar-refractivity contribution is -0.117. The van der Waals surface area contributed by atoms with E-state index >= 15 is 0 Å². The average molecular weight is 339 g/mol. The highest BCUT2D eigenvalue weighted by atomic mass is 16.2. The number of rotatable bonds is 4. The molecular formula is C20H25N3O2. The van der Waals surface area contributed by atoms with Crippen LogP contribution in [0.1, 0.15) is 56.3 Å². The second-order valence-corrected chi connectivity index (χ2v) is 6.92. The SMILES string of the molecule is CC1=CC[C@@H](/C(C)=N\NC(=O)c2cccc(N3CCCC3=O)c2)CC1. The Morgan fingerprint density at radius 3 is 2.84 bits per heavy atom. The van der Waals surface area contributed by atoms with E-state index in [4.69, 9.17) is 0 Å². The summed E-state index contributed by atoms with van der Waals surface area (Å²) < 4.78 is 0. The normalized spacial score (nSPS) is 21.3. The molecule has 3 rings (SSSR count). The number of anilines is 1. The summed E-state index contributed by atoms with van der Waals surface area (Å²) in [6.07, 6.45) is 6.87. The zero-order chi connectivity index (χ0) is 17.8. The van der Waals surface area contributed by atoms with Crippen molar-refractivity contribution in [2.75, 3.05) is 11.4 Å². The number of allylic oxidation sites excluding steroid dienone is 2. The van der Waals surface area contributed by atoms with Crippen LogP contribution >= 0.6 is 0 Å². The molecule has 1 aliphatic carbocycles. The maximum absolute atomic E-state index is 12.4. The van der Waals surface area contributed by atoms with Gasteiger partial charge in [0.15, 0.2) is 0 Å². The molecule has 0 unspecified atom stereocenters. The van der Waals surface area contributed by atoms with E-state index < -0.39 is 0 Å². The highest BCUT2D eigenvalue weighted by molar-refractivity contribution is 5.99. The summed E-state index contributed by atoms with van der Waals surface area (Å²) in [6.45, 7) is 4.84. The van der Waals surface area contributed by atoms with Crippen molar-refractivity contribution in [1.29, 1.82) is 0 Å². The van der Waals surface area contributed by atoms with Crippen LogP contribution in [-0.4, -0.2) is 24.1 Å². The van der Waals surface area contributed by atoms with Gasteiger partial charge in [-0.05, 0) is 57.7 Å². The maximum Gasteiger partial charge on any atom is 0.271 e. The lowest BCUT2D eigenvalue weighted by Crippen LogP contribution is -2.25. The van der Waals surface area contributed by atoms with Crippen molar-refractivity contribution in [3.05, 3.63) is 41.5 Å². The van der Waals surface area contributed by atoms with Gasteiger partial charge in [0.25, 0.3) is 5.91 Å². The maximum atomic E-state index is 12.4. The van der Waals surface area contributed by atoms with Crippen LogP contribution in [0.4, 0.5) is 5.69 Å². The summed E-state index contributed by atoms with van der Waals surface area (Å²) in [6, 6.07) is 7.18. The standard InChI is InChI=1S/C20H25N3O2/c1-14-8-10-16(11-9-14)15(2)21-22-20(25)17-5-3-6-18(13-17)23-12-4-7-19(23)24/h3,5-6,8,13,16H,4,7,9-12H2,1-2H3,(H,22,25)/b21-15-/t16-/m1/s1. The van der Waals surface area contributed by atoms with Gasteiger partial charge in [-0.2, -0.15) is 5.10 Å². The molecule has 0 bridgehead atoms. The molecule has 0 radical (unpaired) electrons. The fourth-order valence-electron chi connectivity index (χ4n) is 3.38. The molecule has 1 saturated heterocycles. The third kappa shape index (κ3) is 4.16. The van der Waals surface area contributed by atoms with Gasteiger partial charge in [-0.25, -0.2) is 5.43 Å².